The summed E-state index contributed by atoms with van der Waals surface area (Å²) >= 11 is 0. The summed E-state index contributed by atoms with van der Waals surface area (Å²) in [5.41, 5.74) is 0. The smallest absolute Gasteiger partial charge is 0.193 e. The molecule has 0 aromatic carbocycles. The van der Waals surface area contributed by atoms with E-state index in [4.69, 9.17) is 4.42 Å². The van der Waals surface area contributed by atoms with Crippen molar-refractivity contribution in [3.05, 3.63) is 24.7 Å². The third-order valence-corrected chi connectivity index (χ3v) is 1.45. The van der Waals surface area contributed by atoms with Gasteiger partial charge in [-0.1, -0.05) is 0 Å². The van der Waals surface area contributed by atoms with Crippen molar-refractivity contribution in [2.24, 2.45) is 7.05 Å². The molecule has 0 atom stereocenters. The van der Waals surface area contributed by atoms with Gasteiger partial charge in [-0.15, -0.1) is 0 Å². The summed E-state index contributed by atoms with van der Waals surface area (Å²) in [4.78, 5) is 4.02. The summed E-state index contributed by atoms with van der Waals surface area (Å²) in [6.07, 6.45) is 3.11. The highest BCUT2D eigenvalue weighted by Gasteiger charge is 2.04. The van der Waals surface area contributed by atoms with E-state index in [1.54, 1.807) is 10.9 Å². The molecule has 0 N–H and O–H groups in total. The fourth-order valence-electron chi connectivity index (χ4n) is 0.925. The SMILES string of the molecule is Cn1ncnc1-c1ccco1. The fourth-order valence-corrected chi connectivity index (χ4v) is 0.925. The minimum absolute atomic E-state index is 0.741. The summed E-state index contributed by atoms with van der Waals surface area (Å²) in [6.45, 7) is 0. The first-order valence-corrected chi connectivity index (χ1v) is 3.26. The minimum Gasteiger partial charge on any atom is -0.461 e. The van der Waals surface area contributed by atoms with Crippen LogP contribution in [0, 0.1) is 0 Å². The third kappa shape index (κ3) is 0.920. The van der Waals surface area contributed by atoms with Crippen LogP contribution in [0.5, 0.6) is 0 Å². The average molecular weight is 149 g/mol. The summed E-state index contributed by atoms with van der Waals surface area (Å²) in [7, 11) is 1.82. The zero-order chi connectivity index (χ0) is 7.68. The van der Waals surface area contributed by atoms with Crippen LogP contribution in [-0.2, 0) is 7.05 Å². The Balaban J connectivity index is 2.53. The molecule has 4 nitrogen and oxygen atoms in total. The lowest BCUT2D eigenvalue weighted by Gasteiger charge is -1.92. The van der Waals surface area contributed by atoms with Crippen LogP contribution in [0.2, 0.25) is 0 Å². The highest BCUT2D eigenvalue weighted by Crippen LogP contribution is 2.14. The molecule has 0 bridgehead atoms. The quantitative estimate of drug-likeness (QED) is 0.609. The van der Waals surface area contributed by atoms with Crippen LogP contribution < -0.4 is 0 Å². The van der Waals surface area contributed by atoms with Crippen LogP contribution in [0.25, 0.3) is 11.6 Å². The number of aromatic nitrogens is 3. The number of rotatable bonds is 1. The topological polar surface area (TPSA) is 43.9 Å². The molecule has 0 radical (unpaired) electrons. The lowest BCUT2D eigenvalue weighted by molar-refractivity contribution is 0.570. The van der Waals surface area contributed by atoms with Crippen molar-refractivity contribution in [3.8, 4) is 11.6 Å². The van der Waals surface area contributed by atoms with Crippen LogP contribution >= 0.6 is 0 Å². The highest BCUT2D eigenvalue weighted by atomic mass is 16.3. The molecule has 2 heterocycles. The Morgan fingerprint density at radius 2 is 2.45 bits per heavy atom. The Labute approximate surface area is 63.5 Å². The number of hydrogen-bond acceptors (Lipinski definition) is 3. The number of aryl methyl sites for hydroxylation is 1. The van der Waals surface area contributed by atoms with Crippen LogP contribution in [-0.4, -0.2) is 14.8 Å². The molecule has 0 aliphatic carbocycles. The monoisotopic (exact) mass is 149 g/mol. The Bertz CT molecular complexity index is 336. The Morgan fingerprint density at radius 1 is 1.55 bits per heavy atom. The molecule has 2 aromatic heterocycles. The predicted octanol–water partition coefficient (Wildman–Crippen LogP) is 1.08. The third-order valence-electron chi connectivity index (χ3n) is 1.45. The summed E-state index contributed by atoms with van der Waals surface area (Å²) in [5, 5.41) is 3.92. The molecule has 0 unspecified atom stereocenters. The molecule has 2 aromatic rings. The summed E-state index contributed by atoms with van der Waals surface area (Å²) in [5.74, 6) is 1.49. The van der Waals surface area contributed by atoms with Crippen molar-refractivity contribution in [2.75, 3.05) is 0 Å². The molecular weight excluding hydrogens is 142 g/mol. The van der Waals surface area contributed by atoms with Gasteiger partial charge < -0.3 is 4.42 Å². The normalized spacial score (nSPS) is 10.3. The zero-order valence-electron chi connectivity index (χ0n) is 6.06. The maximum atomic E-state index is 5.14. The van der Waals surface area contributed by atoms with Gasteiger partial charge in [-0.25, -0.2) is 9.67 Å². The highest BCUT2D eigenvalue weighted by molar-refractivity contribution is 5.45. The molecule has 11 heavy (non-hydrogen) atoms. The van der Waals surface area contributed by atoms with E-state index >= 15 is 0 Å². The molecule has 0 saturated carbocycles. The molecule has 0 saturated heterocycles. The Morgan fingerprint density at radius 3 is 3.00 bits per heavy atom. The van der Waals surface area contributed by atoms with E-state index in [2.05, 4.69) is 10.1 Å². The standard InChI is InChI=1S/C7H7N3O/c1-10-7(8-5-9-10)6-3-2-4-11-6/h2-5H,1H3. The largest absolute Gasteiger partial charge is 0.461 e. The van der Waals surface area contributed by atoms with Gasteiger partial charge in [0.1, 0.15) is 6.33 Å². The first-order valence-electron chi connectivity index (χ1n) is 3.26. The molecule has 4 heteroatoms. The number of nitrogens with zero attached hydrogens (tertiary/aromatic N) is 3. The van der Waals surface area contributed by atoms with Crippen LogP contribution in [0.4, 0.5) is 0 Å². The zero-order valence-corrected chi connectivity index (χ0v) is 6.06. The lowest BCUT2D eigenvalue weighted by atomic mass is 10.4. The van der Waals surface area contributed by atoms with Gasteiger partial charge in [0, 0.05) is 7.05 Å². The fraction of sp³-hybridized carbons (Fsp3) is 0.143. The van der Waals surface area contributed by atoms with Crippen molar-refractivity contribution in [1.82, 2.24) is 14.8 Å². The van der Waals surface area contributed by atoms with E-state index in [0.717, 1.165) is 11.6 Å². The molecule has 0 spiro atoms. The van der Waals surface area contributed by atoms with E-state index in [-0.39, 0.29) is 0 Å². The molecule has 2 rings (SSSR count). The van der Waals surface area contributed by atoms with Crippen molar-refractivity contribution < 1.29 is 4.42 Å². The van der Waals surface area contributed by atoms with Crippen LogP contribution in [0.3, 0.4) is 0 Å². The average Bonchev–Trinajstić information content (AvgIpc) is 2.55. The van der Waals surface area contributed by atoms with Gasteiger partial charge in [-0.2, -0.15) is 5.10 Å². The van der Waals surface area contributed by atoms with E-state index in [9.17, 15) is 0 Å². The van der Waals surface area contributed by atoms with Crippen molar-refractivity contribution >= 4 is 0 Å². The molecule has 56 valence electrons. The van der Waals surface area contributed by atoms with E-state index in [1.165, 1.54) is 6.33 Å². The molecular formula is C7H7N3O. The second kappa shape index (κ2) is 2.23. The van der Waals surface area contributed by atoms with Gasteiger partial charge in [0.25, 0.3) is 0 Å². The van der Waals surface area contributed by atoms with Crippen molar-refractivity contribution in [3.63, 3.8) is 0 Å². The van der Waals surface area contributed by atoms with E-state index in [0.29, 0.717) is 0 Å². The Kier molecular flexibility index (Phi) is 1.25. The number of furan rings is 1. The van der Waals surface area contributed by atoms with Gasteiger partial charge >= 0.3 is 0 Å². The maximum absolute atomic E-state index is 5.14. The summed E-state index contributed by atoms with van der Waals surface area (Å²) in [6, 6.07) is 3.67. The molecule has 0 fully saturated rings. The van der Waals surface area contributed by atoms with Gasteiger partial charge in [-0.3, -0.25) is 0 Å². The van der Waals surface area contributed by atoms with E-state index in [1.807, 2.05) is 19.2 Å². The van der Waals surface area contributed by atoms with E-state index < -0.39 is 0 Å². The predicted molar refractivity (Wildman–Crippen MR) is 38.7 cm³/mol. The minimum atomic E-state index is 0.741. The maximum Gasteiger partial charge on any atom is 0.193 e. The summed E-state index contributed by atoms with van der Waals surface area (Å²) < 4.78 is 6.80. The molecule has 0 aliphatic rings. The first-order chi connectivity index (χ1) is 5.38. The lowest BCUT2D eigenvalue weighted by Crippen LogP contribution is -1.92. The van der Waals surface area contributed by atoms with Crippen LogP contribution in [0.1, 0.15) is 0 Å². The van der Waals surface area contributed by atoms with Crippen LogP contribution in [0.15, 0.2) is 29.1 Å². The second-order valence-corrected chi connectivity index (χ2v) is 2.18. The number of hydrogen-bond donors (Lipinski definition) is 0. The van der Waals surface area contributed by atoms with Gasteiger partial charge in [-0.05, 0) is 12.1 Å². The molecule has 0 amide bonds. The van der Waals surface area contributed by atoms with Crippen molar-refractivity contribution in [1.29, 1.82) is 0 Å². The Hall–Kier alpha value is -1.58. The van der Waals surface area contributed by atoms with Gasteiger partial charge in [0.05, 0.1) is 6.26 Å². The first kappa shape index (κ1) is 6.15. The molecule has 0 aliphatic heterocycles. The van der Waals surface area contributed by atoms with Crippen molar-refractivity contribution in [2.45, 2.75) is 0 Å². The van der Waals surface area contributed by atoms with Gasteiger partial charge in [0.15, 0.2) is 11.6 Å². The second-order valence-electron chi connectivity index (χ2n) is 2.18. The van der Waals surface area contributed by atoms with Gasteiger partial charge in [0.2, 0.25) is 0 Å².